The summed E-state index contributed by atoms with van der Waals surface area (Å²) in [6.07, 6.45) is 0.834. The summed E-state index contributed by atoms with van der Waals surface area (Å²) in [6.45, 7) is 5.28. The van der Waals surface area contributed by atoms with Crippen LogP contribution in [0.4, 0.5) is 0 Å². The minimum absolute atomic E-state index is 0.0687. The van der Waals surface area contributed by atoms with Gasteiger partial charge in [-0.2, -0.15) is 4.31 Å². The first kappa shape index (κ1) is 16.4. The number of ether oxygens (including phenoxy) is 1. The van der Waals surface area contributed by atoms with Gasteiger partial charge in [0.15, 0.2) is 0 Å². The van der Waals surface area contributed by atoms with Crippen molar-refractivity contribution in [1.82, 2.24) is 4.31 Å². The Morgan fingerprint density at radius 1 is 1.57 bits per heavy atom. The first-order valence-corrected chi connectivity index (χ1v) is 9.09. The third-order valence-electron chi connectivity index (χ3n) is 3.55. The monoisotopic (exact) mass is 333 g/mol. The fourth-order valence-corrected chi connectivity index (χ4v) is 5.55. The standard InChI is InChI=1S/C13H19NO5S2/c1-3-14(6-10-4-5-19-7-10)21(17,18)12-9(2)8-20-11(12)13(15)16/h8,10H,3-7H2,1-2H3,(H,15,16). The first-order chi connectivity index (χ1) is 9.87. The van der Waals surface area contributed by atoms with E-state index in [-0.39, 0.29) is 15.7 Å². The maximum absolute atomic E-state index is 12.8. The molecule has 1 saturated heterocycles. The smallest absolute Gasteiger partial charge is 0.347 e. The molecule has 0 saturated carbocycles. The minimum atomic E-state index is -3.79. The maximum atomic E-state index is 12.8. The molecule has 8 heteroatoms. The van der Waals surface area contributed by atoms with E-state index in [2.05, 4.69) is 0 Å². The Morgan fingerprint density at radius 3 is 2.81 bits per heavy atom. The summed E-state index contributed by atoms with van der Waals surface area (Å²) >= 11 is 0.952. The normalized spacial score (nSPS) is 19.3. The summed E-state index contributed by atoms with van der Waals surface area (Å²) in [6, 6.07) is 0. The molecule has 0 aromatic carbocycles. The van der Waals surface area contributed by atoms with E-state index in [1.807, 2.05) is 0 Å². The fraction of sp³-hybridized carbons (Fsp3) is 0.615. The number of thiophene rings is 1. The number of hydrogen-bond acceptors (Lipinski definition) is 5. The van der Waals surface area contributed by atoms with Gasteiger partial charge in [-0.3, -0.25) is 0 Å². The molecular formula is C13H19NO5S2. The van der Waals surface area contributed by atoms with Crippen LogP contribution in [0.25, 0.3) is 0 Å². The Hall–Kier alpha value is -0.960. The van der Waals surface area contributed by atoms with Gasteiger partial charge in [0.2, 0.25) is 10.0 Å². The Bertz CT molecular complexity index is 617. The van der Waals surface area contributed by atoms with Gasteiger partial charge in [0.25, 0.3) is 0 Å². The van der Waals surface area contributed by atoms with Crippen LogP contribution in [-0.4, -0.2) is 50.1 Å². The lowest BCUT2D eigenvalue weighted by atomic mass is 10.1. The van der Waals surface area contributed by atoms with Crippen molar-refractivity contribution in [3.8, 4) is 0 Å². The van der Waals surface area contributed by atoms with Gasteiger partial charge in [-0.25, -0.2) is 13.2 Å². The van der Waals surface area contributed by atoms with Gasteiger partial charge in [0, 0.05) is 19.7 Å². The molecule has 1 unspecified atom stereocenters. The zero-order valence-corrected chi connectivity index (χ0v) is 13.7. The second-order valence-corrected chi connectivity index (χ2v) is 7.82. The molecule has 21 heavy (non-hydrogen) atoms. The molecule has 1 aromatic rings. The highest BCUT2D eigenvalue weighted by molar-refractivity contribution is 7.89. The number of rotatable bonds is 6. The third-order valence-corrected chi connectivity index (χ3v) is 6.89. The van der Waals surface area contributed by atoms with Crippen LogP contribution in [0.15, 0.2) is 10.3 Å². The lowest BCUT2D eigenvalue weighted by molar-refractivity contribution is 0.0698. The van der Waals surface area contributed by atoms with Crippen LogP contribution < -0.4 is 0 Å². The Morgan fingerprint density at radius 2 is 2.29 bits per heavy atom. The molecule has 2 rings (SSSR count). The topological polar surface area (TPSA) is 83.9 Å². The minimum Gasteiger partial charge on any atom is -0.477 e. The largest absolute Gasteiger partial charge is 0.477 e. The van der Waals surface area contributed by atoms with E-state index >= 15 is 0 Å². The molecule has 1 aromatic heterocycles. The van der Waals surface area contributed by atoms with Gasteiger partial charge in [0.05, 0.1) is 6.61 Å². The Kier molecular flexibility index (Phi) is 5.03. The van der Waals surface area contributed by atoms with Crippen molar-refractivity contribution in [2.45, 2.75) is 25.2 Å². The number of carbonyl (C=O) groups is 1. The predicted octanol–water partition coefficient (Wildman–Crippen LogP) is 1.80. The van der Waals surface area contributed by atoms with Gasteiger partial charge in [-0.05, 0) is 30.2 Å². The second kappa shape index (κ2) is 6.43. The van der Waals surface area contributed by atoms with Gasteiger partial charge >= 0.3 is 5.97 Å². The van der Waals surface area contributed by atoms with Crippen LogP contribution >= 0.6 is 11.3 Å². The Labute approximate surface area is 128 Å². The number of aromatic carboxylic acids is 1. The number of nitrogens with zero attached hydrogens (tertiary/aromatic N) is 1. The molecule has 0 radical (unpaired) electrons. The molecule has 1 aliphatic heterocycles. The van der Waals surface area contributed by atoms with Crippen molar-refractivity contribution >= 4 is 27.3 Å². The van der Waals surface area contributed by atoms with Crippen molar-refractivity contribution < 1.29 is 23.1 Å². The van der Waals surface area contributed by atoms with Gasteiger partial charge in [-0.15, -0.1) is 11.3 Å². The maximum Gasteiger partial charge on any atom is 0.347 e. The highest BCUT2D eigenvalue weighted by Crippen LogP contribution is 2.30. The quantitative estimate of drug-likeness (QED) is 0.858. The average molecular weight is 333 g/mol. The molecule has 2 heterocycles. The molecule has 1 N–H and O–H groups in total. The zero-order chi connectivity index (χ0) is 15.6. The lowest BCUT2D eigenvalue weighted by Gasteiger charge is -2.23. The molecule has 0 aliphatic carbocycles. The van der Waals surface area contributed by atoms with Crippen molar-refractivity contribution in [2.24, 2.45) is 5.92 Å². The van der Waals surface area contributed by atoms with Crippen molar-refractivity contribution in [2.75, 3.05) is 26.3 Å². The lowest BCUT2D eigenvalue weighted by Crippen LogP contribution is -2.36. The van der Waals surface area contributed by atoms with E-state index in [9.17, 15) is 18.3 Å². The van der Waals surface area contributed by atoms with Crippen LogP contribution in [0.3, 0.4) is 0 Å². The number of carboxylic acids is 1. The molecule has 0 amide bonds. The van der Waals surface area contributed by atoms with Crippen LogP contribution in [-0.2, 0) is 14.8 Å². The third kappa shape index (κ3) is 3.28. The number of carboxylic acid groups (broad SMARTS) is 1. The highest BCUT2D eigenvalue weighted by atomic mass is 32.2. The first-order valence-electron chi connectivity index (χ1n) is 6.77. The summed E-state index contributed by atoms with van der Waals surface area (Å²) in [7, 11) is -3.79. The van der Waals surface area contributed by atoms with Crippen molar-refractivity contribution in [3.05, 3.63) is 15.8 Å². The van der Waals surface area contributed by atoms with Crippen molar-refractivity contribution in [1.29, 1.82) is 0 Å². The zero-order valence-electron chi connectivity index (χ0n) is 12.0. The van der Waals surface area contributed by atoms with E-state index in [1.54, 1.807) is 19.2 Å². The fourth-order valence-electron chi connectivity index (χ4n) is 2.44. The summed E-state index contributed by atoms with van der Waals surface area (Å²) in [5.74, 6) is -1.03. The molecular weight excluding hydrogens is 314 g/mol. The van der Waals surface area contributed by atoms with E-state index in [0.29, 0.717) is 31.9 Å². The number of sulfonamides is 1. The Balaban J connectivity index is 2.34. The summed E-state index contributed by atoms with van der Waals surface area (Å²) in [5.41, 5.74) is 0.485. The van der Waals surface area contributed by atoms with Gasteiger partial charge < -0.3 is 9.84 Å². The second-order valence-electron chi connectivity index (χ2n) is 5.07. The molecule has 1 fully saturated rings. The highest BCUT2D eigenvalue weighted by Gasteiger charge is 2.33. The molecule has 1 aliphatic rings. The summed E-state index contributed by atoms with van der Waals surface area (Å²) in [4.78, 5) is 11.1. The van der Waals surface area contributed by atoms with E-state index in [0.717, 1.165) is 17.8 Å². The number of aryl methyl sites for hydroxylation is 1. The molecule has 1 atom stereocenters. The van der Waals surface area contributed by atoms with E-state index in [4.69, 9.17) is 4.74 Å². The molecule has 0 bridgehead atoms. The summed E-state index contributed by atoms with van der Waals surface area (Å²) in [5, 5.41) is 10.8. The van der Waals surface area contributed by atoms with E-state index in [1.165, 1.54) is 4.31 Å². The SMILES string of the molecule is CCN(CC1CCOC1)S(=O)(=O)c1c(C)csc1C(=O)O. The van der Waals surface area contributed by atoms with Gasteiger partial charge in [0.1, 0.15) is 9.77 Å². The van der Waals surface area contributed by atoms with Crippen molar-refractivity contribution in [3.63, 3.8) is 0 Å². The average Bonchev–Trinajstić information content (AvgIpc) is 3.04. The van der Waals surface area contributed by atoms with E-state index < -0.39 is 16.0 Å². The van der Waals surface area contributed by atoms with Crippen LogP contribution in [0, 0.1) is 12.8 Å². The molecule has 0 spiro atoms. The van der Waals surface area contributed by atoms with Crippen LogP contribution in [0.2, 0.25) is 0 Å². The summed E-state index contributed by atoms with van der Waals surface area (Å²) < 4.78 is 32.2. The van der Waals surface area contributed by atoms with Gasteiger partial charge in [-0.1, -0.05) is 6.92 Å². The predicted molar refractivity (Wildman–Crippen MR) is 79.4 cm³/mol. The number of hydrogen-bond donors (Lipinski definition) is 1. The molecule has 6 nitrogen and oxygen atoms in total. The molecule has 118 valence electrons. The van der Waals surface area contributed by atoms with Crippen LogP contribution in [0.1, 0.15) is 28.6 Å². The van der Waals surface area contributed by atoms with Crippen LogP contribution in [0.5, 0.6) is 0 Å².